The number of rotatable bonds is 9. The topological polar surface area (TPSA) is 70.5 Å². The Balaban J connectivity index is 1.71. The maximum Gasteiger partial charge on any atom is 0.144 e. The van der Waals surface area contributed by atoms with E-state index in [4.69, 9.17) is 9.94 Å². The molecule has 28 heavy (non-hydrogen) atoms. The molecule has 0 aliphatic rings. The minimum absolute atomic E-state index is 0.613. The van der Waals surface area contributed by atoms with E-state index in [1.807, 2.05) is 62.5 Å². The lowest BCUT2D eigenvalue weighted by molar-refractivity contribution is 0.195. The van der Waals surface area contributed by atoms with Crippen molar-refractivity contribution in [3.8, 4) is 5.75 Å². The van der Waals surface area contributed by atoms with Gasteiger partial charge in [0.05, 0.1) is 12.1 Å². The Morgan fingerprint density at radius 2 is 1.96 bits per heavy atom. The summed E-state index contributed by atoms with van der Waals surface area (Å²) in [7, 11) is 2.00. The van der Waals surface area contributed by atoms with Crippen LogP contribution in [0.15, 0.2) is 60.8 Å². The molecule has 2 aromatic carbocycles. The number of anilines is 2. The standard InChI is InChI=1S/C22H26N4O2/c1-16(25-27)9-6-7-14-28-19-11-8-10-18(15-19)26(3)22-20-12-4-5-13-21(20)23-17(2)24-22/h4-5,8,10-13,15,25,27H,1,6-7,9,14H2,2-3H3. The van der Waals surface area contributed by atoms with Crippen molar-refractivity contribution in [2.24, 2.45) is 0 Å². The van der Waals surface area contributed by atoms with Crippen LogP contribution in [0.1, 0.15) is 25.1 Å². The van der Waals surface area contributed by atoms with E-state index in [0.29, 0.717) is 12.3 Å². The van der Waals surface area contributed by atoms with Crippen LogP contribution in [0.4, 0.5) is 11.5 Å². The molecule has 1 aromatic heterocycles. The molecule has 0 saturated carbocycles. The van der Waals surface area contributed by atoms with E-state index >= 15 is 0 Å². The predicted octanol–water partition coefficient (Wildman–Crippen LogP) is 4.75. The Morgan fingerprint density at radius 3 is 2.79 bits per heavy atom. The van der Waals surface area contributed by atoms with Crippen molar-refractivity contribution in [3.05, 3.63) is 66.6 Å². The molecule has 3 aromatic rings. The smallest absolute Gasteiger partial charge is 0.144 e. The number of hydrogen-bond acceptors (Lipinski definition) is 6. The van der Waals surface area contributed by atoms with Gasteiger partial charge in [-0.15, -0.1) is 0 Å². The molecular weight excluding hydrogens is 352 g/mol. The molecule has 0 aliphatic carbocycles. The lowest BCUT2D eigenvalue weighted by Gasteiger charge is -2.21. The van der Waals surface area contributed by atoms with Gasteiger partial charge in [0.1, 0.15) is 17.4 Å². The Hall–Kier alpha value is -3.12. The van der Waals surface area contributed by atoms with Crippen LogP contribution in [0.2, 0.25) is 0 Å². The average molecular weight is 378 g/mol. The van der Waals surface area contributed by atoms with Gasteiger partial charge in [0.2, 0.25) is 0 Å². The number of allylic oxidation sites excluding steroid dienone is 1. The molecule has 0 amide bonds. The van der Waals surface area contributed by atoms with Crippen molar-refractivity contribution >= 4 is 22.4 Å². The monoisotopic (exact) mass is 378 g/mol. The minimum atomic E-state index is 0.613. The number of nitrogens with zero attached hydrogens (tertiary/aromatic N) is 3. The first-order chi connectivity index (χ1) is 13.6. The summed E-state index contributed by atoms with van der Waals surface area (Å²) in [5, 5.41) is 9.75. The van der Waals surface area contributed by atoms with Crippen LogP contribution in [0, 0.1) is 6.92 Å². The fourth-order valence-electron chi connectivity index (χ4n) is 3.02. The highest BCUT2D eigenvalue weighted by atomic mass is 16.5. The first-order valence-electron chi connectivity index (χ1n) is 9.36. The van der Waals surface area contributed by atoms with Gasteiger partial charge in [-0.25, -0.2) is 9.97 Å². The number of aryl methyl sites for hydroxylation is 1. The van der Waals surface area contributed by atoms with E-state index in [2.05, 4.69) is 26.9 Å². The highest BCUT2D eigenvalue weighted by molar-refractivity contribution is 5.91. The third-order valence-corrected chi connectivity index (χ3v) is 4.52. The molecule has 146 valence electrons. The van der Waals surface area contributed by atoms with Crippen molar-refractivity contribution < 1.29 is 9.94 Å². The van der Waals surface area contributed by atoms with Crippen molar-refractivity contribution in [2.75, 3.05) is 18.6 Å². The Bertz CT molecular complexity index is 958. The zero-order chi connectivity index (χ0) is 19.9. The summed E-state index contributed by atoms with van der Waals surface area (Å²) in [6.45, 7) is 6.22. The molecule has 6 nitrogen and oxygen atoms in total. The van der Waals surface area contributed by atoms with Crippen molar-refractivity contribution in [1.82, 2.24) is 15.4 Å². The highest BCUT2D eigenvalue weighted by Crippen LogP contribution is 2.30. The van der Waals surface area contributed by atoms with E-state index in [9.17, 15) is 0 Å². The first kappa shape index (κ1) is 19.6. The molecule has 0 spiro atoms. The number of hydrogen-bond donors (Lipinski definition) is 2. The molecule has 6 heteroatoms. The number of nitrogens with one attached hydrogen (secondary N) is 1. The van der Waals surface area contributed by atoms with Crippen molar-refractivity contribution in [2.45, 2.75) is 26.2 Å². The quantitative estimate of drug-likeness (QED) is 0.414. The molecule has 0 atom stereocenters. The fraction of sp³-hybridized carbons (Fsp3) is 0.273. The summed E-state index contributed by atoms with van der Waals surface area (Å²) in [6, 6.07) is 16.0. The number of benzene rings is 2. The van der Waals surface area contributed by atoms with Crippen LogP contribution in [-0.2, 0) is 0 Å². The molecule has 0 aliphatic heterocycles. The lowest BCUT2D eigenvalue weighted by Crippen LogP contribution is -2.13. The van der Waals surface area contributed by atoms with Gasteiger partial charge in [-0.2, -0.15) is 0 Å². The zero-order valence-electron chi connectivity index (χ0n) is 16.4. The van der Waals surface area contributed by atoms with E-state index < -0.39 is 0 Å². The highest BCUT2D eigenvalue weighted by Gasteiger charge is 2.12. The minimum Gasteiger partial charge on any atom is -0.494 e. The summed E-state index contributed by atoms with van der Waals surface area (Å²) in [4.78, 5) is 11.2. The SMILES string of the molecule is C=C(CCCCOc1cccc(N(C)c2nc(C)nc3ccccc23)c1)NO. The van der Waals surface area contributed by atoms with Crippen molar-refractivity contribution in [1.29, 1.82) is 0 Å². The van der Waals surface area contributed by atoms with Gasteiger partial charge < -0.3 is 9.64 Å². The van der Waals surface area contributed by atoms with E-state index in [0.717, 1.165) is 53.2 Å². The third-order valence-electron chi connectivity index (χ3n) is 4.52. The molecule has 0 saturated heterocycles. The maximum atomic E-state index is 8.73. The molecule has 3 rings (SSSR count). The molecule has 0 unspecified atom stereocenters. The summed E-state index contributed by atoms with van der Waals surface area (Å²) in [6.07, 6.45) is 2.51. The lowest BCUT2D eigenvalue weighted by atomic mass is 10.2. The fourth-order valence-corrected chi connectivity index (χ4v) is 3.02. The molecule has 0 bridgehead atoms. The maximum absolute atomic E-state index is 8.73. The normalized spacial score (nSPS) is 10.7. The van der Waals surface area contributed by atoms with Gasteiger partial charge in [0.25, 0.3) is 0 Å². The van der Waals surface area contributed by atoms with Gasteiger partial charge in [-0.1, -0.05) is 24.8 Å². The second-order valence-corrected chi connectivity index (χ2v) is 6.69. The summed E-state index contributed by atoms with van der Waals surface area (Å²) >= 11 is 0. The van der Waals surface area contributed by atoms with Crippen LogP contribution in [-0.4, -0.2) is 28.8 Å². The molecule has 0 fully saturated rings. The van der Waals surface area contributed by atoms with Crippen LogP contribution in [0.3, 0.4) is 0 Å². The number of hydroxylamine groups is 1. The van der Waals surface area contributed by atoms with Gasteiger partial charge in [0, 0.05) is 29.9 Å². The van der Waals surface area contributed by atoms with Crippen LogP contribution < -0.4 is 15.1 Å². The van der Waals surface area contributed by atoms with Gasteiger partial charge in [-0.3, -0.25) is 10.7 Å². The van der Waals surface area contributed by atoms with E-state index in [1.54, 1.807) is 0 Å². The predicted molar refractivity (Wildman–Crippen MR) is 112 cm³/mol. The molecule has 2 N–H and O–H groups in total. The Morgan fingerprint density at radius 1 is 1.14 bits per heavy atom. The second kappa shape index (κ2) is 9.19. The first-order valence-corrected chi connectivity index (χ1v) is 9.36. The van der Waals surface area contributed by atoms with Crippen LogP contribution in [0.25, 0.3) is 10.9 Å². The van der Waals surface area contributed by atoms with E-state index in [-0.39, 0.29) is 0 Å². The Labute approximate surface area is 165 Å². The van der Waals surface area contributed by atoms with E-state index in [1.165, 1.54) is 0 Å². The van der Waals surface area contributed by atoms with Gasteiger partial charge in [-0.05, 0) is 50.5 Å². The van der Waals surface area contributed by atoms with Crippen LogP contribution in [0.5, 0.6) is 5.75 Å². The summed E-state index contributed by atoms with van der Waals surface area (Å²) in [5.41, 5.74) is 4.63. The largest absolute Gasteiger partial charge is 0.494 e. The van der Waals surface area contributed by atoms with Crippen molar-refractivity contribution in [3.63, 3.8) is 0 Å². The molecule has 1 heterocycles. The summed E-state index contributed by atoms with van der Waals surface area (Å²) in [5.74, 6) is 2.43. The number of para-hydroxylation sites is 1. The number of aromatic nitrogens is 2. The molecular formula is C22H26N4O2. The van der Waals surface area contributed by atoms with Crippen LogP contribution >= 0.6 is 0 Å². The zero-order valence-corrected chi connectivity index (χ0v) is 16.4. The van der Waals surface area contributed by atoms with Gasteiger partial charge in [0.15, 0.2) is 0 Å². The Kier molecular flexibility index (Phi) is 6.45. The molecule has 0 radical (unpaired) electrons. The summed E-state index contributed by atoms with van der Waals surface area (Å²) < 4.78 is 5.89. The number of fused-ring (bicyclic) bond motifs is 1. The second-order valence-electron chi connectivity index (χ2n) is 6.69. The van der Waals surface area contributed by atoms with Gasteiger partial charge >= 0.3 is 0 Å². The third kappa shape index (κ3) is 4.78. The average Bonchev–Trinajstić information content (AvgIpc) is 2.72. The number of ether oxygens (including phenoxy) is 1. The number of unbranched alkanes of at least 4 members (excludes halogenated alkanes) is 1.